The summed E-state index contributed by atoms with van der Waals surface area (Å²) in [5, 5.41) is 2.34. The first-order valence-electron chi connectivity index (χ1n) is 7.74. The van der Waals surface area contributed by atoms with Crippen LogP contribution in [0.3, 0.4) is 0 Å². The highest BCUT2D eigenvalue weighted by Crippen LogP contribution is 2.29. The molecule has 1 amide bonds. The quantitative estimate of drug-likeness (QED) is 0.611. The van der Waals surface area contributed by atoms with Crippen molar-refractivity contribution >= 4 is 23.6 Å². The molecule has 0 radical (unpaired) electrons. The van der Waals surface area contributed by atoms with Crippen LogP contribution in [0.5, 0.6) is 5.75 Å². The van der Waals surface area contributed by atoms with E-state index in [0.717, 1.165) is 30.3 Å². The van der Waals surface area contributed by atoms with Gasteiger partial charge in [-0.1, -0.05) is 18.2 Å². The third-order valence-corrected chi connectivity index (χ3v) is 3.38. The Morgan fingerprint density at radius 2 is 1.74 bits per heavy atom. The van der Waals surface area contributed by atoms with Crippen LogP contribution >= 0.6 is 0 Å². The number of anilines is 1. The second kappa shape index (κ2) is 8.88. The van der Waals surface area contributed by atoms with Crippen LogP contribution in [0.1, 0.15) is 11.1 Å². The third-order valence-electron chi connectivity index (χ3n) is 3.38. The second-order valence-electron chi connectivity index (χ2n) is 5.31. The van der Waals surface area contributed by atoms with Gasteiger partial charge in [0.05, 0.1) is 12.7 Å². The first-order chi connectivity index (χ1) is 12.8. The minimum Gasteiger partial charge on any atom is -0.496 e. The summed E-state index contributed by atoms with van der Waals surface area (Å²) in [6.07, 6.45) is -1.83. The number of rotatable bonds is 6. The van der Waals surface area contributed by atoms with Crippen LogP contribution in [0.25, 0.3) is 6.08 Å². The van der Waals surface area contributed by atoms with E-state index in [9.17, 15) is 22.8 Å². The summed E-state index contributed by atoms with van der Waals surface area (Å²) in [7, 11) is 1.50. The molecule has 0 unspecified atom stereocenters. The number of benzene rings is 2. The summed E-state index contributed by atoms with van der Waals surface area (Å²) in [6, 6.07) is 10.9. The fraction of sp³-hybridized carbons (Fsp3) is 0.158. The molecule has 8 heteroatoms. The van der Waals surface area contributed by atoms with Crippen molar-refractivity contribution in [1.29, 1.82) is 0 Å². The monoisotopic (exact) mass is 379 g/mol. The van der Waals surface area contributed by atoms with Crippen molar-refractivity contribution in [3.05, 3.63) is 65.7 Å². The van der Waals surface area contributed by atoms with Gasteiger partial charge in [-0.3, -0.25) is 4.79 Å². The van der Waals surface area contributed by atoms with E-state index in [1.54, 1.807) is 24.3 Å². The number of amides is 1. The molecule has 5 nitrogen and oxygen atoms in total. The van der Waals surface area contributed by atoms with Crippen LogP contribution < -0.4 is 10.1 Å². The number of carbonyl (C=O) groups is 2. The van der Waals surface area contributed by atoms with Crippen molar-refractivity contribution in [3.63, 3.8) is 0 Å². The lowest BCUT2D eigenvalue weighted by Crippen LogP contribution is -2.20. The van der Waals surface area contributed by atoms with Crippen LogP contribution in [-0.4, -0.2) is 25.6 Å². The molecule has 0 saturated carbocycles. The summed E-state index contributed by atoms with van der Waals surface area (Å²) < 4.78 is 47.4. The molecule has 0 atom stereocenters. The number of halogens is 3. The molecule has 2 aromatic carbocycles. The van der Waals surface area contributed by atoms with Crippen LogP contribution in [0.4, 0.5) is 18.9 Å². The number of esters is 1. The number of methoxy groups -OCH3 is 1. The lowest BCUT2D eigenvalue weighted by Gasteiger charge is -2.09. The fourth-order valence-corrected chi connectivity index (χ4v) is 2.09. The fourth-order valence-electron chi connectivity index (χ4n) is 2.09. The number of nitrogens with one attached hydrogen (secondary N) is 1. The van der Waals surface area contributed by atoms with Gasteiger partial charge in [-0.25, -0.2) is 4.79 Å². The molecule has 2 aromatic rings. The molecule has 1 N–H and O–H groups in total. The van der Waals surface area contributed by atoms with E-state index in [1.165, 1.54) is 13.2 Å². The van der Waals surface area contributed by atoms with Crippen LogP contribution in [-0.2, 0) is 20.5 Å². The molecule has 0 heterocycles. The largest absolute Gasteiger partial charge is 0.496 e. The van der Waals surface area contributed by atoms with Gasteiger partial charge in [-0.05, 0) is 36.4 Å². The predicted molar refractivity (Wildman–Crippen MR) is 93.1 cm³/mol. The van der Waals surface area contributed by atoms with Crippen LogP contribution in [0.2, 0.25) is 0 Å². The van der Waals surface area contributed by atoms with Crippen molar-refractivity contribution in [2.45, 2.75) is 6.18 Å². The maximum Gasteiger partial charge on any atom is 0.416 e. The summed E-state index contributed by atoms with van der Waals surface area (Å²) in [4.78, 5) is 23.4. The highest BCUT2D eigenvalue weighted by Gasteiger charge is 2.29. The molecule has 27 heavy (non-hydrogen) atoms. The van der Waals surface area contributed by atoms with Crippen molar-refractivity contribution in [2.24, 2.45) is 0 Å². The highest BCUT2D eigenvalue weighted by atomic mass is 19.4. The summed E-state index contributed by atoms with van der Waals surface area (Å²) in [5.41, 5.74) is -0.00632. The second-order valence-corrected chi connectivity index (χ2v) is 5.31. The Balaban J connectivity index is 1.84. The molecule has 0 bridgehead atoms. The van der Waals surface area contributed by atoms with Crippen LogP contribution in [0.15, 0.2) is 54.6 Å². The molecule has 0 saturated heterocycles. The first-order valence-corrected chi connectivity index (χ1v) is 7.74. The van der Waals surface area contributed by atoms with Crippen molar-refractivity contribution in [1.82, 2.24) is 0 Å². The summed E-state index contributed by atoms with van der Waals surface area (Å²) in [6.45, 7) is -0.573. The van der Waals surface area contributed by atoms with E-state index in [0.29, 0.717) is 11.3 Å². The van der Waals surface area contributed by atoms with Crippen molar-refractivity contribution in [2.75, 3.05) is 19.0 Å². The Kier molecular flexibility index (Phi) is 6.59. The van der Waals surface area contributed by atoms with Gasteiger partial charge in [0.25, 0.3) is 5.91 Å². The Morgan fingerprint density at radius 3 is 2.37 bits per heavy atom. The first kappa shape index (κ1) is 20.0. The Labute approximate surface area is 153 Å². The summed E-state index contributed by atoms with van der Waals surface area (Å²) in [5.74, 6) is -0.848. The lowest BCUT2D eigenvalue weighted by molar-refractivity contribution is -0.142. The Bertz CT molecular complexity index is 830. The Hall–Kier alpha value is -3.29. The SMILES string of the molecule is COc1ccccc1/C=C/C(=O)OCC(=O)Nc1ccc(C(F)(F)F)cc1. The zero-order valence-corrected chi connectivity index (χ0v) is 14.2. The molecule has 0 aromatic heterocycles. The van der Waals surface area contributed by atoms with E-state index in [1.807, 2.05) is 0 Å². The smallest absolute Gasteiger partial charge is 0.416 e. The van der Waals surface area contributed by atoms with Gasteiger partial charge in [0.1, 0.15) is 5.75 Å². The standard InChI is InChI=1S/C19H16F3NO4/c1-26-16-5-3-2-4-13(16)6-11-18(25)27-12-17(24)23-15-9-7-14(8-10-15)19(20,21)22/h2-11H,12H2,1H3,(H,23,24)/b11-6+. The van der Waals surface area contributed by atoms with Gasteiger partial charge in [-0.15, -0.1) is 0 Å². The van der Waals surface area contributed by atoms with E-state index in [4.69, 9.17) is 9.47 Å². The van der Waals surface area contributed by atoms with E-state index in [-0.39, 0.29) is 5.69 Å². The van der Waals surface area contributed by atoms with E-state index >= 15 is 0 Å². The van der Waals surface area contributed by atoms with E-state index < -0.39 is 30.2 Å². The van der Waals surface area contributed by atoms with Gasteiger partial charge in [-0.2, -0.15) is 13.2 Å². The maximum atomic E-state index is 12.5. The minimum absolute atomic E-state index is 0.161. The lowest BCUT2D eigenvalue weighted by atomic mass is 10.2. The number of alkyl halides is 3. The average Bonchev–Trinajstić information content (AvgIpc) is 2.64. The van der Waals surface area contributed by atoms with Crippen molar-refractivity contribution < 1.29 is 32.2 Å². The van der Waals surface area contributed by atoms with Gasteiger partial charge < -0.3 is 14.8 Å². The molecule has 0 spiro atoms. The van der Waals surface area contributed by atoms with Gasteiger partial charge >= 0.3 is 12.1 Å². The van der Waals surface area contributed by atoms with Gasteiger partial charge in [0, 0.05) is 17.3 Å². The topological polar surface area (TPSA) is 64.6 Å². The molecular weight excluding hydrogens is 363 g/mol. The molecule has 0 aliphatic carbocycles. The molecule has 0 fully saturated rings. The van der Waals surface area contributed by atoms with Crippen LogP contribution in [0, 0.1) is 0 Å². The van der Waals surface area contributed by atoms with Gasteiger partial charge in [0.15, 0.2) is 6.61 Å². The average molecular weight is 379 g/mol. The number of ether oxygens (including phenoxy) is 2. The normalized spacial score (nSPS) is 11.3. The maximum absolute atomic E-state index is 12.5. The molecule has 142 valence electrons. The number of hydrogen-bond donors (Lipinski definition) is 1. The van der Waals surface area contributed by atoms with Crippen molar-refractivity contribution in [3.8, 4) is 5.75 Å². The van der Waals surface area contributed by atoms with E-state index in [2.05, 4.69) is 5.32 Å². The Morgan fingerprint density at radius 1 is 1.07 bits per heavy atom. The molecule has 0 aliphatic rings. The highest BCUT2D eigenvalue weighted by molar-refractivity contribution is 5.94. The predicted octanol–water partition coefficient (Wildman–Crippen LogP) is 3.91. The molecule has 0 aliphatic heterocycles. The number of carbonyl (C=O) groups excluding carboxylic acids is 2. The molecule has 2 rings (SSSR count). The number of hydrogen-bond acceptors (Lipinski definition) is 4. The zero-order chi connectivity index (χ0) is 19.9. The van der Waals surface area contributed by atoms with Gasteiger partial charge in [0.2, 0.25) is 0 Å². The summed E-state index contributed by atoms with van der Waals surface area (Å²) >= 11 is 0. The third kappa shape index (κ3) is 6.18. The molecular formula is C19H16F3NO4. The minimum atomic E-state index is -4.45. The number of para-hydroxylation sites is 1. The zero-order valence-electron chi connectivity index (χ0n) is 14.2.